The van der Waals surface area contributed by atoms with E-state index in [0.717, 1.165) is 29.8 Å². The lowest BCUT2D eigenvalue weighted by molar-refractivity contribution is 0.293. The standard InChI is InChI=1S/C19H22N2O2/c22-11-10-20-9-8-16-13-21-19-7-6-17(12-18(16)19)23-14-15-4-2-1-3-5-15/h1-7,12-13,20-22H,8-11,14H2. The molecule has 4 nitrogen and oxygen atoms in total. The summed E-state index contributed by atoms with van der Waals surface area (Å²) in [5.74, 6) is 0.880. The molecule has 0 fully saturated rings. The number of benzene rings is 2. The van der Waals surface area contributed by atoms with E-state index in [2.05, 4.69) is 34.6 Å². The molecule has 0 saturated heterocycles. The van der Waals surface area contributed by atoms with Crippen LogP contribution in [0.15, 0.2) is 54.7 Å². The Bertz CT molecular complexity index is 737. The molecule has 0 amide bonds. The molecule has 3 N–H and O–H groups in total. The summed E-state index contributed by atoms with van der Waals surface area (Å²) in [5, 5.41) is 13.2. The molecule has 120 valence electrons. The van der Waals surface area contributed by atoms with E-state index in [4.69, 9.17) is 9.84 Å². The van der Waals surface area contributed by atoms with E-state index < -0.39 is 0 Å². The number of rotatable bonds is 8. The van der Waals surface area contributed by atoms with E-state index >= 15 is 0 Å². The molecule has 0 saturated carbocycles. The van der Waals surface area contributed by atoms with Crippen LogP contribution in [-0.2, 0) is 13.0 Å². The number of nitrogens with one attached hydrogen (secondary N) is 2. The zero-order valence-corrected chi connectivity index (χ0v) is 13.1. The third-order valence-corrected chi connectivity index (χ3v) is 3.85. The van der Waals surface area contributed by atoms with E-state index in [1.807, 2.05) is 30.5 Å². The number of hydrogen-bond donors (Lipinski definition) is 3. The summed E-state index contributed by atoms with van der Waals surface area (Å²) in [4.78, 5) is 3.30. The number of aliphatic hydroxyl groups excluding tert-OH is 1. The first-order chi connectivity index (χ1) is 11.4. The Balaban J connectivity index is 1.67. The van der Waals surface area contributed by atoms with Crippen LogP contribution in [0.3, 0.4) is 0 Å². The van der Waals surface area contributed by atoms with Crippen molar-refractivity contribution in [1.82, 2.24) is 10.3 Å². The first kappa shape index (κ1) is 15.6. The van der Waals surface area contributed by atoms with Crippen LogP contribution in [0.2, 0.25) is 0 Å². The van der Waals surface area contributed by atoms with Gasteiger partial charge in [-0.2, -0.15) is 0 Å². The lowest BCUT2D eigenvalue weighted by atomic mass is 10.1. The molecule has 0 radical (unpaired) electrons. The predicted octanol–water partition coefficient (Wildman–Crippen LogP) is 2.87. The molecule has 3 rings (SSSR count). The van der Waals surface area contributed by atoms with Gasteiger partial charge in [0.2, 0.25) is 0 Å². The maximum Gasteiger partial charge on any atom is 0.120 e. The van der Waals surface area contributed by atoms with E-state index in [1.165, 1.54) is 10.9 Å². The normalized spacial score (nSPS) is 11.0. The minimum atomic E-state index is 0.172. The number of aromatic nitrogens is 1. The summed E-state index contributed by atoms with van der Waals surface area (Å²) >= 11 is 0. The summed E-state index contributed by atoms with van der Waals surface area (Å²) in [6, 6.07) is 16.3. The molecule has 0 aliphatic heterocycles. The number of fused-ring (bicyclic) bond motifs is 1. The Hall–Kier alpha value is -2.30. The first-order valence-corrected chi connectivity index (χ1v) is 7.95. The van der Waals surface area contributed by atoms with Crippen LogP contribution in [0.4, 0.5) is 0 Å². The lowest BCUT2D eigenvalue weighted by Crippen LogP contribution is -2.20. The van der Waals surface area contributed by atoms with Crippen LogP contribution in [0.5, 0.6) is 5.75 Å². The molecule has 4 heteroatoms. The van der Waals surface area contributed by atoms with Crippen LogP contribution in [0.25, 0.3) is 10.9 Å². The van der Waals surface area contributed by atoms with Gasteiger partial charge < -0.3 is 20.1 Å². The van der Waals surface area contributed by atoms with Gasteiger partial charge in [0.1, 0.15) is 12.4 Å². The lowest BCUT2D eigenvalue weighted by Gasteiger charge is -2.07. The van der Waals surface area contributed by atoms with Crippen molar-refractivity contribution in [1.29, 1.82) is 0 Å². The van der Waals surface area contributed by atoms with Crippen LogP contribution >= 0.6 is 0 Å². The number of H-pyrrole nitrogens is 1. The van der Waals surface area contributed by atoms with E-state index in [-0.39, 0.29) is 6.61 Å². The van der Waals surface area contributed by atoms with Crippen LogP contribution in [0, 0.1) is 0 Å². The molecule has 2 aromatic carbocycles. The van der Waals surface area contributed by atoms with Gasteiger partial charge in [-0.25, -0.2) is 0 Å². The Morgan fingerprint density at radius 2 is 1.91 bits per heavy atom. The molecule has 1 heterocycles. The van der Waals surface area contributed by atoms with Gasteiger partial charge in [-0.05, 0) is 42.3 Å². The maximum absolute atomic E-state index is 8.80. The highest BCUT2D eigenvalue weighted by Crippen LogP contribution is 2.24. The topological polar surface area (TPSA) is 57.3 Å². The number of aliphatic hydroxyl groups is 1. The molecule has 0 atom stereocenters. The van der Waals surface area contributed by atoms with Gasteiger partial charge in [0.15, 0.2) is 0 Å². The average Bonchev–Trinajstić information content (AvgIpc) is 3.00. The highest BCUT2D eigenvalue weighted by atomic mass is 16.5. The van der Waals surface area contributed by atoms with Crippen molar-refractivity contribution in [2.75, 3.05) is 19.7 Å². The minimum absolute atomic E-state index is 0.172. The third kappa shape index (κ3) is 4.12. The second-order valence-electron chi connectivity index (χ2n) is 5.52. The molecule has 3 aromatic rings. The zero-order valence-electron chi connectivity index (χ0n) is 13.1. The Labute approximate surface area is 136 Å². The smallest absolute Gasteiger partial charge is 0.120 e. The van der Waals surface area contributed by atoms with Gasteiger partial charge in [0, 0.05) is 23.6 Å². The van der Waals surface area contributed by atoms with Gasteiger partial charge in [-0.1, -0.05) is 30.3 Å². The molecule has 1 aromatic heterocycles. The molecule has 0 aliphatic rings. The predicted molar refractivity (Wildman–Crippen MR) is 92.7 cm³/mol. The molecular formula is C19H22N2O2. The SMILES string of the molecule is OCCNCCc1c[nH]c2ccc(OCc3ccccc3)cc12. The Kier molecular flexibility index (Phi) is 5.29. The summed E-state index contributed by atoms with van der Waals surface area (Å²) in [7, 11) is 0. The van der Waals surface area contributed by atoms with Crippen LogP contribution in [-0.4, -0.2) is 29.8 Å². The van der Waals surface area contributed by atoms with Crippen molar-refractivity contribution in [3.63, 3.8) is 0 Å². The van der Waals surface area contributed by atoms with E-state index in [0.29, 0.717) is 13.2 Å². The van der Waals surface area contributed by atoms with E-state index in [1.54, 1.807) is 0 Å². The summed E-state index contributed by atoms with van der Waals surface area (Å²) < 4.78 is 5.91. The van der Waals surface area contributed by atoms with Crippen LogP contribution < -0.4 is 10.1 Å². The minimum Gasteiger partial charge on any atom is -0.489 e. The quantitative estimate of drug-likeness (QED) is 0.561. The molecule has 0 spiro atoms. The highest BCUT2D eigenvalue weighted by Gasteiger charge is 2.05. The molecule has 0 bridgehead atoms. The van der Waals surface area contributed by atoms with Crippen molar-refractivity contribution >= 4 is 10.9 Å². The second kappa shape index (κ2) is 7.81. The van der Waals surface area contributed by atoms with Crippen molar-refractivity contribution in [2.45, 2.75) is 13.0 Å². The van der Waals surface area contributed by atoms with Gasteiger partial charge >= 0.3 is 0 Å². The number of ether oxygens (including phenoxy) is 1. The van der Waals surface area contributed by atoms with Crippen molar-refractivity contribution in [2.24, 2.45) is 0 Å². The molecule has 0 aliphatic carbocycles. The largest absolute Gasteiger partial charge is 0.489 e. The van der Waals surface area contributed by atoms with Gasteiger partial charge in [-0.3, -0.25) is 0 Å². The first-order valence-electron chi connectivity index (χ1n) is 7.95. The van der Waals surface area contributed by atoms with Crippen molar-refractivity contribution in [3.05, 3.63) is 65.9 Å². The Morgan fingerprint density at radius 3 is 2.74 bits per heavy atom. The van der Waals surface area contributed by atoms with Gasteiger partial charge in [0.25, 0.3) is 0 Å². The van der Waals surface area contributed by atoms with Crippen molar-refractivity contribution in [3.8, 4) is 5.75 Å². The monoisotopic (exact) mass is 310 g/mol. The fourth-order valence-electron chi connectivity index (χ4n) is 2.62. The summed E-state index contributed by atoms with van der Waals surface area (Å²) in [5.41, 5.74) is 3.54. The summed E-state index contributed by atoms with van der Waals surface area (Å²) in [6.07, 6.45) is 2.97. The van der Waals surface area contributed by atoms with Crippen molar-refractivity contribution < 1.29 is 9.84 Å². The highest BCUT2D eigenvalue weighted by molar-refractivity contribution is 5.84. The molecule has 0 unspecified atom stereocenters. The third-order valence-electron chi connectivity index (χ3n) is 3.85. The van der Waals surface area contributed by atoms with E-state index in [9.17, 15) is 0 Å². The maximum atomic E-state index is 8.80. The summed E-state index contributed by atoms with van der Waals surface area (Å²) in [6.45, 7) is 2.23. The zero-order chi connectivity index (χ0) is 15.9. The molecular weight excluding hydrogens is 288 g/mol. The fraction of sp³-hybridized carbons (Fsp3) is 0.263. The van der Waals surface area contributed by atoms with Gasteiger partial charge in [-0.15, -0.1) is 0 Å². The molecule has 23 heavy (non-hydrogen) atoms. The van der Waals surface area contributed by atoms with Gasteiger partial charge in [0.05, 0.1) is 6.61 Å². The number of hydrogen-bond acceptors (Lipinski definition) is 3. The second-order valence-corrected chi connectivity index (χ2v) is 5.52. The Morgan fingerprint density at radius 1 is 1.04 bits per heavy atom. The average molecular weight is 310 g/mol. The fourth-order valence-corrected chi connectivity index (χ4v) is 2.62. The van der Waals surface area contributed by atoms with Crippen LogP contribution in [0.1, 0.15) is 11.1 Å². The number of aromatic amines is 1.